The summed E-state index contributed by atoms with van der Waals surface area (Å²) < 4.78 is 12.7. The van der Waals surface area contributed by atoms with Crippen LogP contribution in [0.3, 0.4) is 0 Å². The Balaban J connectivity index is 1.63. The van der Waals surface area contributed by atoms with Gasteiger partial charge in [0.05, 0.1) is 0 Å². The third-order valence-electron chi connectivity index (χ3n) is 6.38. The van der Waals surface area contributed by atoms with E-state index in [1.165, 1.54) is 0 Å². The highest BCUT2D eigenvalue weighted by Gasteiger charge is 2.48. The molecular formula is C27H24O5. The van der Waals surface area contributed by atoms with E-state index >= 15 is 0 Å². The number of carboxylic acid groups (broad SMARTS) is 1. The first-order valence-corrected chi connectivity index (χ1v) is 11.0. The molecule has 1 heterocycles. The van der Waals surface area contributed by atoms with Crippen LogP contribution in [0.5, 0.6) is 11.5 Å². The number of rotatable bonds is 5. The molecule has 0 bridgehead atoms. The number of carboxylic acids is 1. The van der Waals surface area contributed by atoms with Gasteiger partial charge >= 0.3 is 11.8 Å². The van der Waals surface area contributed by atoms with Crippen LogP contribution in [-0.2, 0) is 5.79 Å². The summed E-state index contributed by atoms with van der Waals surface area (Å²) in [5.74, 6) is -2.37. The average Bonchev–Trinajstić information content (AvgIpc) is 3.25. The molecule has 0 unspecified atom stereocenters. The van der Waals surface area contributed by atoms with E-state index in [2.05, 4.69) is 0 Å². The maximum absolute atomic E-state index is 13.3. The van der Waals surface area contributed by atoms with Gasteiger partial charge in [-0.25, -0.2) is 4.79 Å². The third-order valence-corrected chi connectivity index (χ3v) is 6.38. The first kappa shape index (κ1) is 20.3. The lowest BCUT2D eigenvalue weighted by Crippen LogP contribution is -2.37. The van der Waals surface area contributed by atoms with E-state index in [1.807, 2.05) is 60.7 Å². The summed E-state index contributed by atoms with van der Waals surface area (Å²) in [4.78, 5) is 25.6. The average molecular weight is 428 g/mol. The van der Waals surface area contributed by atoms with E-state index in [-0.39, 0.29) is 28.6 Å². The first-order chi connectivity index (χ1) is 15.6. The molecule has 5 heteroatoms. The monoisotopic (exact) mass is 428 g/mol. The first-order valence-electron chi connectivity index (χ1n) is 11.0. The van der Waals surface area contributed by atoms with Gasteiger partial charge < -0.3 is 14.6 Å². The van der Waals surface area contributed by atoms with Crippen molar-refractivity contribution >= 4 is 11.8 Å². The topological polar surface area (TPSA) is 72.8 Å². The molecule has 0 aromatic heterocycles. The molecular weight excluding hydrogens is 404 g/mol. The highest BCUT2D eigenvalue weighted by atomic mass is 16.7. The van der Waals surface area contributed by atoms with Crippen molar-refractivity contribution in [3.63, 3.8) is 0 Å². The SMILES string of the molecule is O=C(O)c1c(C(=O)C2CCCCC2)ccc2c1OC(c1ccccc1)(c1ccccc1)O2. The minimum Gasteiger partial charge on any atom is -0.478 e. The maximum atomic E-state index is 13.3. The predicted octanol–water partition coefficient (Wildman–Crippen LogP) is 5.82. The second kappa shape index (κ2) is 8.15. The Morgan fingerprint density at radius 3 is 1.94 bits per heavy atom. The fraction of sp³-hybridized carbons (Fsp3) is 0.259. The second-order valence-corrected chi connectivity index (χ2v) is 8.37. The predicted molar refractivity (Wildman–Crippen MR) is 119 cm³/mol. The van der Waals surface area contributed by atoms with Crippen LogP contribution in [0.2, 0.25) is 0 Å². The van der Waals surface area contributed by atoms with Gasteiger partial charge in [-0.2, -0.15) is 0 Å². The molecule has 1 aliphatic heterocycles. The summed E-state index contributed by atoms with van der Waals surface area (Å²) in [7, 11) is 0. The molecule has 0 atom stereocenters. The summed E-state index contributed by atoms with van der Waals surface area (Å²) in [6.07, 6.45) is 4.70. The van der Waals surface area contributed by atoms with Gasteiger partial charge in [-0.3, -0.25) is 4.79 Å². The van der Waals surface area contributed by atoms with E-state index < -0.39 is 11.8 Å². The highest BCUT2D eigenvalue weighted by molar-refractivity contribution is 6.09. The van der Waals surface area contributed by atoms with Gasteiger partial charge in [-0.05, 0) is 25.0 Å². The smallest absolute Gasteiger partial charge is 0.340 e. The third kappa shape index (κ3) is 3.34. The van der Waals surface area contributed by atoms with Gasteiger partial charge in [0, 0.05) is 22.6 Å². The Morgan fingerprint density at radius 1 is 0.781 bits per heavy atom. The molecule has 2 aliphatic rings. The number of hydrogen-bond donors (Lipinski definition) is 1. The van der Waals surface area contributed by atoms with Crippen molar-refractivity contribution in [3.8, 4) is 11.5 Å². The molecule has 162 valence electrons. The minimum absolute atomic E-state index is 0.104. The van der Waals surface area contributed by atoms with Crippen LogP contribution in [0.4, 0.5) is 0 Å². The number of ketones is 1. The normalized spacial score (nSPS) is 17.1. The van der Waals surface area contributed by atoms with Gasteiger partial charge in [0.2, 0.25) is 0 Å². The van der Waals surface area contributed by atoms with Gasteiger partial charge in [0.25, 0.3) is 0 Å². The number of fused-ring (bicyclic) bond motifs is 1. The van der Waals surface area contributed by atoms with Gasteiger partial charge in [-0.1, -0.05) is 79.9 Å². The zero-order chi connectivity index (χ0) is 22.1. The van der Waals surface area contributed by atoms with Gasteiger partial charge in [-0.15, -0.1) is 0 Å². The number of carbonyl (C=O) groups is 2. The quantitative estimate of drug-likeness (QED) is 0.519. The zero-order valence-electron chi connectivity index (χ0n) is 17.6. The molecule has 1 saturated carbocycles. The Hall–Kier alpha value is -3.60. The molecule has 3 aromatic rings. The lowest BCUT2D eigenvalue weighted by molar-refractivity contribution is -0.0462. The van der Waals surface area contributed by atoms with Crippen LogP contribution in [0.1, 0.15) is 63.9 Å². The molecule has 1 aliphatic carbocycles. The molecule has 32 heavy (non-hydrogen) atoms. The van der Waals surface area contributed by atoms with Crippen LogP contribution in [0.15, 0.2) is 72.8 Å². The maximum Gasteiger partial charge on any atom is 0.340 e. The molecule has 5 nitrogen and oxygen atoms in total. The number of aromatic carboxylic acids is 1. The fourth-order valence-corrected chi connectivity index (χ4v) is 4.78. The fourth-order valence-electron chi connectivity index (χ4n) is 4.78. The second-order valence-electron chi connectivity index (χ2n) is 8.37. The van der Waals surface area contributed by atoms with E-state index in [0.29, 0.717) is 5.75 Å². The van der Waals surface area contributed by atoms with Crippen molar-refractivity contribution in [3.05, 3.63) is 95.1 Å². The van der Waals surface area contributed by atoms with Crippen LogP contribution in [0, 0.1) is 5.92 Å². The summed E-state index contributed by atoms with van der Waals surface area (Å²) in [5.41, 5.74) is 1.55. The van der Waals surface area contributed by atoms with Crippen LogP contribution >= 0.6 is 0 Å². The molecule has 0 radical (unpaired) electrons. The van der Waals surface area contributed by atoms with Crippen molar-refractivity contribution in [1.82, 2.24) is 0 Å². The molecule has 1 fully saturated rings. The Morgan fingerprint density at radius 2 is 1.38 bits per heavy atom. The van der Waals surface area contributed by atoms with E-state index in [4.69, 9.17) is 9.47 Å². The lowest BCUT2D eigenvalue weighted by atomic mass is 9.82. The van der Waals surface area contributed by atoms with Crippen LogP contribution in [0.25, 0.3) is 0 Å². The van der Waals surface area contributed by atoms with Crippen LogP contribution in [-0.4, -0.2) is 16.9 Å². The van der Waals surface area contributed by atoms with Crippen molar-refractivity contribution in [2.24, 2.45) is 5.92 Å². The molecule has 3 aromatic carbocycles. The largest absolute Gasteiger partial charge is 0.478 e. The van der Waals surface area contributed by atoms with Crippen molar-refractivity contribution in [1.29, 1.82) is 0 Å². The van der Waals surface area contributed by atoms with Crippen molar-refractivity contribution < 1.29 is 24.2 Å². The van der Waals surface area contributed by atoms with E-state index in [0.717, 1.165) is 43.2 Å². The standard InChI is InChI=1S/C27H24O5/c28-24(18-10-4-1-5-11-18)21-16-17-22-25(23(21)26(29)30)32-27(31-22,19-12-6-2-7-13-19)20-14-8-3-9-15-20/h2-3,6-9,12-18H,1,4-5,10-11H2,(H,29,30). The number of hydrogen-bond acceptors (Lipinski definition) is 4. The summed E-state index contributed by atoms with van der Waals surface area (Å²) >= 11 is 0. The van der Waals surface area contributed by atoms with Crippen LogP contribution < -0.4 is 9.47 Å². The summed E-state index contributed by atoms with van der Waals surface area (Å²) in [6.45, 7) is 0. The highest BCUT2D eigenvalue weighted by Crippen LogP contribution is 2.50. The summed E-state index contributed by atoms with van der Waals surface area (Å²) in [6, 6.07) is 22.1. The van der Waals surface area contributed by atoms with E-state index in [1.54, 1.807) is 12.1 Å². The van der Waals surface area contributed by atoms with Gasteiger partial charge in [0.15, 0.2) is 17.3 Å². The van der Waals surface area contributed by atoms with E-state index in [9.17, 15) is 14.7 Å². The Bertz CT molecular complexity index is 1110. The Labute approximate surface area is 186 Å². The number of Topliss-reactive ketones (excluding diaryl/α,β-unsaturated/α-hetero) is 1. The molecule has 5 rings (SSSR count). The summed E-state index contributed by atoms with van der Waals surface area (Å²) in [5, 5.41) is 10.1. The Kier molecular flexibility index (Phi) is 5.17. The molecule has 0 spiro atoms. The molecule has 1 N–H and O–H groups in total. The number of benzene rings is 3. The number of carbonyl (C=O) groups excluding carboxylic acids is 1. The number of ether oxygens (including phenoxy) is 2. The molecule has 0 saturated heterocycles. The molecule has 0 amide bonds. The van der Waals surface area contributed by atoms with Crippen molar-refractivity contribution in [2.75, 3.05) is 0 Å². The lowest BCUT2D eigenvalue weighted by Gasteiger charge is -2.28. The van der Waals surface area contributed by atoms with Crippen molar-refractivity contribution in [2.45, 2.75) is 37.9 Å². The minimum atomic E-state index is -1.33. The zero-order valence-corrected chi connectivity index (χ0v) is 17.6. The van der Waals surface area contributed by atoms with Gasteiger partial charge in [0.1, 0.15) is 5.56 Å².